The lowest BCUT2D eigenvalue weighted by atomic mass is 9.71. The summed E-state index contributed by atoms with van der Waals surface area (Å²) in [6, 6.07) is 10.8. The molecule has 3 heteroatoms. The second-order valence-corrected chi connectivity index (χ2v) is 4.95. The molecule has 0 spiro atoms. The van der Waals surface area contributed by atoms with Crippen molar-refractivity contribution < 1.29 is 0 Å². The second kappa shape index (κ2) is 4.00. The average Bonchev–Trinajstić information content (AvgIpc) is 2.71. The number of hydrogen-bond acceptors (Lipinski definition) is 2. The molecule has 0 aliphatic carbocycles. The molecule has 2 aromatic rings. The van der Waals surface area contributed by atoms with E-state index in [4.69, 9.17) is 0 Å². The molecule has 2 heterocycles. The summed E-state index contributed by atoms with van der Waals surface area (Å²) in [5, 5.41) is 7.65. The Labute approximate surface area is 101 Å². The van der Waals surface area contributed by atoms with E-state index in [1.54, 1.807) is 0 Å². The minimum atomic E-state index is 0.268. The van der Waals surface area contributed by atoms with Crippen molar-refractivity contribution in [1.82, 2.24) is 15.1 Å². The van der Waals surface area contributed by atoms with Crippen LogP contribution >= 0.6 is 0 Å². The van der Waals surface area contributed by atoms with E-state index in [-0.39, 0.29) is 5.41 Å². The van der Waals surface area contributed by atoms with E-state index in [1.807, 2.05) is 17.9 Å². The maximum absolute atomic E-state index is 4.25. The predicted molar refractivity (Wildman–Crippen MR) is 67.9 cm³/mol. The molecule has 1 aromatic heterocycles. The largest absolute Gasteiger partial charge is 0.315 e. The highest BCUT2D eigenvalue weighted by Gasteiger charge is 2.38. The van der Waals surface area contributed by atoms with Crippen LogP contribution in [0.15, 0.2) is 42.7 Å². The van der Waals surface area contributed by atoms with Gasteiger partial charge in [0.2, 0.25) is 0 Å². The van der Waals surface area contributed by atoms with Crippen molar-refractivity contribution in [2.45, 2.75) is 11.8 Å². The summed E-state index contributed by atoms with van der Waals surface area (Å²) in [5.74, 6) is 0. The van der Waals surface area contributed by atoms with Crippen LogP contribution < -0.4 is 5.32 Å². The molecule has 1 aromatic carbocycles. The first-order chi connectivity index (χ1) is 8.28. The molecule has 1 fully saturated rings. The van der Waals surface area contributed by atoms with Crippen molar-refractivity contribution in [3.8, 4) is 0 Å². The van der Waals surface area contributed by atoms with Crippen molar-refractivity contribution in [3.63, 3.8) is 0 Å². The molecule has 3 rings (SSSR count). The summed E-state index contributed by atoms with van der Waals surface area (Å²) < 4.78 is 1.88. The Morgan fingerprint density at radius 2 is 2.06 bits per heavy atom. The fraction of sp³-hybridized carbons (Fsp3) is 0.357. The molecule has 1 saturated heterocycles. The van der Waals surface area contributed by atoms with Gasteiger partial charge >= 0.3 is 0 Å². The lowest BCUT2D eigenvalue weighted by Crippen LogP contribution is -2.58. The number of aryl methyl sites for hydroxylation is 1. The Morgan fingerprint density at radius 1 is 1.29 bits per heavy atom. The van der Waals surface area contributed by atoms with Gasteiger partial charge in [-0.05, 0) is 17.5 Å². The van der Waals surface area contributed by atoms with E-state index in [9.17, 15) is 0 Å². The second-order valence-electron chi connectivity index (χ2n) is 4.95. The number of nitrogens with one attached hydrogen (secondary N) is 1. The van der Waals surface area contributed by atoms with Crippen LogP contribution in [0.3, 0.4) is 0 Å². The quantitative estimate of drug-likeness (QED) is 0.861. The molecule has 1 aliphatic heterocycles. The molecule has 1 aliphatic rings. The van der Waals surface area contributed by atoms with E-state index in [1.165, 1.54) is 11.1 Å². The van der Waals surface area contributed by atoms with Gasteiger partial charge in [-0.3, -0.25) is 4.68 Å². The van der Waals surface area contributed by atoms with Gasteiger partial charge in [0, 0.05) is 31.7 Å². The van der Waals surface area contributed by atoms with Crippen LogP contribution in [0.2, 0.25) is 0 Å². The molecule has 0 bridgehead atoms. The summed E-state index contributed by atoms with van der Waals surface area (Å²) in [6.07, 6.45) is 5.16. The molecule has 0 unspecified atom stereocenters. The van der Waals surface area contributed by atoms with E-state index < -0.39 is 0 Å². The van der Waals surface area contributed by atoms with Gasteiger partial charge in [0.15, 0.2) is 0 Å². The molecule has 0 amide bonds. The van der Waals surface area contributed by atoms with Gasteiger partial charge in [0.05, 0.1) is 6.20 Å². The summed E-state index contributed by atoms with van der Waals surface area (Å²) in [6.45, 7) is 2.12. The third kappa shape index (κ3) is 1.87. The number of aromatic nitrogens is 2. The highest BCUT2D eigenvalue weighted by molar-refractivity contribution is 5.32. The van der Waals surface area contributed by atoms with Crippen molar-refractivity contribution in [2.24, 2.45) is 7.05 Å². The van der Waals surface area contributed by atoms with Crippen molar-refractivity contribution >= 4 is 0 Å². The molecule has 88 valence electrons. The Morgan fingerprint density at radius 3 is 2.59 bits per heavy atom. The molecule has 0 radical (unpaired) electrons. The zero-order valence-electron chi connectivity index (χ0n) is 10.1. The number of nitrogens with zero attached hydrogens (tertiary/aromatic N) is 2. The lowest BCUT2D eigenvalue weighted by Gasteiger charge is -2.43. The van der Waals surface area contributed by atoms with Crippen molar-refractivity contribution in [1.29, 1.82) is 0 Å². The van der Waals surface area contributed by atoms with E-state index in [0.717, 1.165) is 19.5 Å². The third-order valence-corrected chi connectivity index (χ3v) is 3.61. The number of hydrogen-bond donors (Lipinski definition) is 1. The summed E-state index contributed by atoms with van der Waals surface area (Å²) >= 11 is 0. The first kappa shape index (κ1) is 10.5. The number of benzene rings is 1. The van der Waals surface area contributed by atoms with Gasteiger partial charge in [0.25, 0.3) is 0 Å². The highest BCUT2D eigenvalue weighted by Crippen LogP contribution is 2.32. The fourth-order valence-electron chi connectivity index (χ4n) is 2.60. The topological polar surface area (TPSA) is 29.9 Å². The zero-order valence-corrected chi connectivity index (χ0v) is 10.1. The van der Waals surface area contributed by atoms with Crippen molar-refractivity contribution in [2.75, 3.05) is 13.1 Å². The summed E-state index contributed by atoms with van der Waals surface area (Å²) in [5.41, 5.74) is 3.02. The van der Waals surface area contributed by atoms with Gasteiger partial charge in [-0.25, -0.2) is 0 Å². The monoisotopic (exact) mass is 227 g/mol. The van der Waals surface area contributed by atoms with Crippen LogP contribution in [0, 0.1) is 0 Å². The molecule has 3 nitrogen and oxygen atoms in total. The SMILES string of the molecule is Cn1cc(CC2(c3ccccc3)CNC2)cn1. The molecule has 0 atom stereocenters. The van der Waals surface area contributed by atoms with Gasteiger partial charge in [0.1, 0.15) is 0 Å². The van der Waals surface area contributed by atoms with Gasteiger partial charge in [-0.15, -0.1) is 0 Å². The van der Waals surface area contributed by atoms with E-state index in [0.29, 0.717) is 0 Å². The van der Waals surface area contributed by atoms with Crippen molar-refractivity contribution in [3.05, 3.63) is 53.9 Å². The van der Waals surface area contributed by atoms with E-state index >= 15 is 0 Å². The smallest absolute Gasteiger partial charge is 0.0521 e. The third-order valence-electron chi connectivity index (χ3n) is 3.61. The first-order valence-corrected chi connectivity index (χ1v) is 6.02. The van der Waals surface area contributed by atoms with Gasteiger partial charge in [-0.2, -0.15) is 5.10 Å². The van der Waals surface area contributed by atoms with Crippen LogP contribution in [0.1, 0.15) is 11.1 Å². The Hall–Kier alpha value is -1.61. The van der Waals surface area contributed by atoms with E-state index in [2.05, 4.69) is 46.9 Å². The first-order valence-electron chi connectivity index (χ1n) is 6.02. The average molecular weight is 227 g/mol. The Balaban J connectivity index is 1.88. The predicted octanol–water partition coefficient (Wildman–Crippen LogP) is 1.50. The normalized spacial score (nSPS) is 17.7. The van der Waals surface area contributed by atoms with Crippen LogP contribution in [-0.4, -0.2) is 22.9 Å². The molecular formula is C14H17N3. The lowest BCUT2D eigenvalue weighted by molar-refractivity contribution is 0.274. The van der Waals surface area contributed by atoms with Crippen LogP contribution in [0.5, 0.6) is 0 Å². The maximum atomic E-state index is 4.25. The van der Waals surface area contributed by atoms with Crippen LogP contribution in [0.25, 0.3) is 0 Å². The van der Waals surface area contributed by atoms with Gasteiger partial charge < -0.3 is 5.32 Å². The minimum Gasteiger partial charge on any atom is -0.315 e. The fourth-order valence-corrected chi connectivity index (χ4v) is 2.60. The molecule has 0 saturated carbocycles. The highest BCUT2D eigenvalue weighted by atomic mass is 15.2. The zero-order chi connectivity index (χ0) is 11.7. The minimum absolute atomic E-state index is 0.268. The Kier molecular flexibility index (Phi) is 2.48. The van der Waals surface area contributed by atoms with Crippen LogP contribution in [-0.2, 0) is 18.9 Å². The molecule has 17 heavy (non-hydrogen) atoms. The maximum Gasteiger partial charge on any atom is 0.0521 e. The standard InChI is InChI=1S/C14H17N3/c1-17-9-12(8-16-17)7-14(10-15-11-14)13-5-3-2-4-6-13/h2-6,8-9,15H,7,10-11H2,1H3. The summed E-state index contributed by atoms with van der Waals surface area (Å²) in [7, 11) is 1.97. The summed E-state index contributed by atoms with van der Waals surface area (Å²) in [4.78, 5) is 0. The van der Waals surface area contributed by atoms with Crippen LogP contribution in [0.4, 0.5) is 0 Å². The molecular weight excluding hydrogens is 210 g/mol. The number of rotatable bonds is 3. The molecule has 1 N–H and O–H groups in total. The Bertz CT molecular complexity index is 497. The van der Waals surface area contributed by atoms with Gasteiger partial charge in [-0.1, -0.05) is 30.3 Å².